The fourth-order valence-electron chi connectivity index (χ4n) is 4.65. The maximum Gasteiger partial charge on any atom is 0.246 e. The van der Waals surface area contributed by atoms with Crippen molar-refractivity contribution in [3.8, 4) is 11.5 Å². The number of carbonyl (C=O) groups excluding carboxylic acids is 1. The lowest BCUT2D eigenvalue weighted by atomic mass is 10.0. The first-order valence-corrected chi connectivity index (χ1v) is 11.9. The first kappa shape index (κ1) is 23.7. The third kappa shape index (κ3) is 5.35. The zero-order chi connectivity index (χ0) is 24.1. The maximum atomic E-state index is 12.2. The molecule has 0 radical (unpaired) electrons. The number of phenolic OH excluding ortho intramolecular Hbond substituents is 1. The van der Waals surface area contributed by atoms with Gasteiger partial charge >= 0.3 is 0 Å². The van der Waals surface area contributed by atoms with Crippen LogP contribution in [0.5, 0.6) is 11.5 Å². The lowest BCUT2D eigenvalue weighted by Gasteiger charge is -2.25. The highest BCUT2D eigenvalue weighted by Crippen LogP contribution is 2.28. The van der Waals surface area contributed by atoms with E-state index in [0.29, 0.717) is 19.1 Å². The molecular formula is C27H34N4O3. The number of nitrogens with zero attached hydrogens (tertiary/aromatic N) is 3. The Morgan fingerprint density at radius 3 is 2.41 bits per heavy atom. The third-order valence-corrected chi connectivity index (χ3v) is 6.71. The summed E-state index contributed by atoms with van der Waals surface area (Å²) in [6, 6.07) is 16.2. The van der Waals surface area contributed by atoms with Crippen molar-refractivity contribution < 1.29 is 14.6 Å². The number of rotatable bonds is 9. The van der Waals surface area contributed by atoms with Crippen LogP contribution < -0.4 is 10.1 Å². The van der Waals surface area contributed by atoms with E-state index in [1.54, 1.807) is 19.2 Å². The summed E-state index contributed by atoms with van der Waals surface area (Å²) in [7, 11) is 1.68. The standard InChI is InChI=1S/C27H34N4O3/c1-4-19(2)26(33)28-13-14-30-23(16-21-7-11-25(34-3)12-8-21)18-31-22(17-29-27(30)31)15-20-5-9-24(32)10-6-20/h4-12,22-23,32H,13-18H2,1-3H3,(H,28,33)/b19-4+/t22-,23-/m0/s1. The second-order valence-electron chi connectivity index (χ2n) is 8.94. The quantitative estimate of drug-likeness (QED) is 0.561. The molecule has 0 unspecified atom stereocenters. The second kappa shape index (κ2) is 10.6. The Morgan fingerprint density at radius 1 is 1.12 bits per heavy atom. The van der Waals surface area contributed by atoms with Crippen molar-refractivity contribution in [2.24, 2.45) is 4.99 Å². The lowest BCUT2D eigenvalue weighted by molar-refractivity contribution is -0.117. The van der Waals surface area contributed by atoms with E-state index in [1.807, 2.05) is 44.2 Å². The number of amides is 1. The van der Waals surface area contributed by atoms with E-state index in [4.69, 9.17) is 9.73 Å². The van der Waals surface area contributed by atoms with Gasteiger partial charge < -0.3 is 25.0 Å². The van der Waals surface area contributed by atoms with Crippen LogP contribution in [0.15, 0.2) is 65.2 Å². The van der Waals surface area contributed by atoms with Gasteiger partial charge in [0.1, 0.15) is 11.5 Å². The average Bonchev–Trinajstić information content (AvgIpc) is 3.40. The van der Waals surface area contributed by atoms with Gasteiger partial charge in [-0.2, -0.15) is 0 Å². The molecule has 2 aromatic carbocycles. The van der Waals surface area contributed by atoms with Gasteiger partial charge in [-0.05, 0) is 62.1 Å². The summed E-state index contributed by atoms with van der Waals surface area (Å²) in [6.07, 6.45) is 3.61. The zero-order valence-electron chi connectivity index (χ0n) is 20.2. The average molecular weight is 463 g/mol. The molecule has 2 heterocycles. The molecule has 0 aliphatic carbocycles. The van der Waals surface area contributed by atoms with Crippen molar-refractivity contribution in [3.63, 3.8) is 0 Å². The number of ether oxygens (including phenoxy) is 1. The van der Waals surface area contributed by atoms with Crippen LogP contribution >= 0.6 is 0 Å². The summed E-state index contributed by atoms with van der Waals surface area (Å²) < 4.78 is 5.30. The number of allylic oxidation sites excluding steroid dienone is 1. The number of guanidine groups is 1. The molecular weight excluding hydrogens is 428 g/mol. The molecule has 7 nitrogen and oxygen atoms in total. The van der Waals surface area contributed by atoms with E-state index < -0.39 is 0 Å². The summed E-state index contributed by atoms with van der Waals surface area (Å²) in [6.45, 7) is 6.64. The molecule has 2 aliphatic rings. The number of hydrogen-bond donors (Lipinski definition) is 2. The molecule has 0 bridgehead atoms. The van der Waals surface area contributed by atoms with Gasteiger partial charge in [-0.1, -0.05) is 30.3 Å². The Hall–Kier alpha value is -3.48. The van der Waals surface area contributed by atoms with Crippen molar-refractivity contribution in [1.29, 1.82) is 0 Å². The fraction of sp³-hybridized carbons (Fsp3) is 0.407. The van der Waals surface area contributed by atoms with Gasteiger partial charge in [0.15, 0.2) is 5.96 Å². The van der Waals surface area contributed by atoms with Crippen LogP contribution in [-0.2, 0) is 17.6 Å². The Labute approximate surface area is 201 Å². The summed E-state index contributed by atoms with van der Waals surface area (Å²) in [4.78, 5) is 21.9. The molecule has 0 spiro atoms. The predicted octanol–water partition coefficient (Wildman–Crippen LogP) is 2.99. The van der Waals surface area contributed by atoms with Crippen molar-refractivity contribution in [2.75, 3.05) is 33.3 Å². The molecule has 2 atom stereocenters. The first-order chi connectivity index (χ1) is 16.5. The number of aromatic hydroxyl groups is 1. The molecule has 180 valence electrons. The molecule has 2 N–H and O–H groups in total. The highest BCUT2D eigenvalue weighted by atomic mass is 16.5. The normalized spacial score (nSPS) is 19.7. The smallest absolute Gasteiger partial charge is 0.246 e. The molecule has 0 aromatic heterocycles. The first-order valence-electron chi connectivity index (χ1n) is 11.9. The van der Waals surface area contributed by atoms with Crippen molar-refractivity contribution in [2.45, 2.75) is 38.8 Å². The Balaban J connectivity index is 1.47. The van der Waals surface area contributed by atoms with Crippen LogP contribution in [0.4, 0.5) is 0 Å². The molecule has 7 heteroatoms. The van der Waals surface area contributed by atoms with E-state index in [9.17, 15) is 9.90 Å². The van der Waals surface area contributed by atoms with E-state index in [-0.39, 0.29) is 17.7 Å². The molecule has 34 heavy (non-hydrogen) atoms. The van der Waals surface area contributed by atoms with Crippen molar-refractivity contribution >= 4 is 11.9 Å². The highest BCUT2D eigenvalue weighted by molar-refractivity contribution is 5.92. The van der Waals surface area contributed by atoms with Crippen LogP contribution in [-0.4, -0.2) is 72.1 Å². The molecule has 2 aromatic rings. The molecule has 4 rings (SSSR count). The minimum Gasteiger partial charge on any atom is -0.508 e. The summed E-state index contributed by atoms with van der Waals surface area (Å²) in [5, 5.41) is 12.6. The van der Waals surface area contributed by atoms with Crippen LogP contribution in [0.25, 0.3) is 0 Å². The number of fused-ring (bicyclic) bond motifs is 1. The van der Waals surface area contributed by atoms with Gasteiger partial charge in [-0.3, -0.25) is 9.79 Å². The number of nitrogens with one attached hydrogen (secondary N) is 1. The predicted molar refractivity (Wildman–Crippen MR) is 134 cm³/mol. The molecule has 1 saturated heterocycles. The second-order valence-corrected chi connectivity index (χ2v) is 8.94. The van der Waals surface area contributed by atoms with E-state index in [0.717, 1.165) is 43.2 Å². The molecule has 2 aliphatic heterocycles. The van der Waals surface area contributed by atoms with E-state index in [1.165, 1.54) is 11.1 Å². The van der Waals surface area contributed by atoms with Gasteiger partial charge in [0.25, 0.3) is 0 Å². The number of aliphatic imine (C=N–C) groups is 1. The van der Waals surface area contributed by atoms with Crippen LogP contribution in [0.2, 0.25) is 0 Å². The number of benzene rings is 2. The van der Waals surface area contributed by atoms with Gasteiger partial charge in [0.05, 0.1) is 25.7 Å². The third-order valence-electron chi connectivity index (χ3n) is 6.71. The number of methoxy groups -OCH3 is 1. The number of phenols is 1. The Bertz CT molecular complexity index is 1050. The highest BCUT2D eigenvalue weighted by Gasteiger charge is 2.41. The van der Waals surface area contributed by atoms with Gasteiger partial charge in [0.2, 0.25) is 5.91 Å². The summed E-state index contributed by atoms with van der Waals surface area (Å²) >= 11 is 0. The largest absolute Gasteiger partial charge is 0.508 e. The van der Waals surface area contributed by atoms with E-state index in [2.05, 4.69) is 27.2 Å². The molecule has 1 fully saturated rings. The minimum atomic E-state index is -0.0242. The van der Waals surface area contributed by atoms with Crippen LogP contribution in [0.1, 0.15) is 25.0 Å². The number of hydrogen-bond acceptors (Lipinski definition) is 6. The topological polar surface area (TPSA) is 77.4 Å². The van der Waals surface area contributed by atoms with E-state index >= 15 is 0 Å². The molecule has 0 saturated carbocycles. The fourth-order valence-corrected chi connectivity index (χ4v) is 4.65. The lowest BCUT2D eigenvalue weighted by Crippen LogP contribution is -2.42. The van der Waals surface area contributed by atoms with Gasteiger partial charge in [-0.25, -0.2) is 0 Å². The minimum absolute atomic E-state index is 0.0242. The summed E-state index contributed by atoms with van der Waals surface area (Å²) in [5.74, 6) is 2.14. The maximum absolute atomic E-state index is 12.2. The Kier molecular flexibility index (Phi) is 7.40. The molecule has 1 amide bonds. The van der Waals surface area contributed by atoms with Crippen LogP contribution in [0, 0.1) is 0 Å². The SMILES string of the molecule is C/C=C(\C)C(=O)NCCN1C2=NC[C@H](Cc3ccc(O)cc3)N2C[C@@H]1Cc1ccc(OC)cc1. The van der Waals surface area contributed by atoms with Crippen molar-refractivity contribution in [3.05, 3.63) is 71.3 Å². The Morgan fingerprint density at radius 2 is 1.76 bits per heavy atom. The zero-order valence-corrected chi connectivity index (χ0v) is 20.2. The van der Waals surface area contributed by atoms with Crippen LogP contribution in [0.3, 0.4) is 0 Å². The van der Waals surface area contributed by atoms with Gasteiger partial charge in [-0.15, -0.1) is 0 Å². The monoisotopic (exact) mass is 462 g/mol. The summed E-state index contributed by atoms with van der Waals surface area (Å²) in [5.41, 5.74) is 3.17. The number of carbonyl (C=O) groups is 1. The van der Waals surface area contributed by atoms with Gasteiger partial charge in [0, 0.05) is 25.2 Å². The van der Waals surface area contributed by atoms with Crippen molar-refractivity contribution in [1.82, 2.24) is 15.1 Å².